The van der Waals surface area contributed by atoms with Gasteiger partial charge in [-0.3, -0.25) is 4.79 Å². The van der Waals surface area contributed by atoms with Crippen molar-refractivity contribution < 1.29 is 18.0 Å². The van der Waals surface area contributed by atoms with Crippen LogP contribution < -0.4 is 5.32 Å². The highest BCUT2D eigenvalue weighted by atomic mass is 19.4. The van der Waals surface area contributed by atoms with Crippen molar-refractivity contribution in [2.75, 3.05) is 0 Å². The molecule has 0 saturated carbocycles. The lowest BCUT2D eigenvalue weighted by atomic mass is 9.98. The first-order chi connectivity index (χ1) is 11.8. The van der Waals surface area contributed by atoms with Gasteiger partial charge >= 0.3 is 6.18 Å². The molecule has 0 heterocycles. The van der Waals surface area contributed by atoms with Gasteiger partial charge in [-0.2, -0.15) is 13.2 Å². The molecule has 2 aromatic carbocycles. The number of carbonyl (C=O) groups excluding carboxylic acids is 1. The molecule has 0 atom stereocenters. The standard InChI is InChI=1S/C20H20F3NO/c1-14(2)24-19(25)18-11-10-16(15-7-4-3-5-8-15)13-17(18)9-6-12-20(21,22)23/h3-11,13-14H,12H2,1-2H3,(H,24,25)/b9-6+. The van der Waals surface area contributed by atoms with Gasteiger partial charge < -0.3 is 5.32 Å². The maximum atomic E-state index is 12.4. The molecule has 0 radical (unpaired) electrons. The van der Waals surface area contributed by atoms with Gasteiger partial charge in [-0.05, 0) is 42.7 Å². The van der Waals surface area contributed by atoms with Crippen molar-refractivity contribution in [3.63, 3.8) is 0 Å². The molecule has 5 heteroatoms. The minimum absolute atomic E-state index is 0.0618. The third kappa shape index (κ3) is 5.78. The molecule has 0 fully saturated rings. The van der Waals surface area contributed by atoms with Gasteiger partial charge in [-0.1, -0.05) is 48.6 Å². The lowest BCUT2D eigenvalue weighted by Gasteiger charge is -2.12. The minimum atomic E-state index is -4.27. The Morgan fingerprint density at radius 3 is 2.36 bits per heavy atom. The molecule has 0 spiro atoms. The Hall–Kier alpha value is -2.56. The van der Waals surface area contributed by atoms with Crippen molar-refractivity contribution >= 4 is 12.0 Å². The zero-order valence-corrected chi connectivity index (χ0v) is 14.1. The van der Waals surface area contributed by atoms with E-state index in [1.54, 1.807) is 18.2 Å². The number of halogens is 3. The first-order valence-corrected chi connectivity index (χ1v) is 8.00. The average Bonchev–Trinajstić information content (AvgIpc) is 2.53. The van der Waals surface area contributed by atoms with Crippen LogP contribution in [-0.4, -0.2) is 18.1 Å². The van der Waals surface area contributed by atoms with Gasteiger partial charge in [0.15, 0.2) is 0 Å². The molecule has 1 amide bonds. The molecule has 0 aromatic heterocycles. The fraction of sp³-hybridized carbons (Fsp3) is 0.250. The lowest BCUT2D eigenvalue weighted by Crippen LogP contribution is -2.30. The van der Waals surface area contributed by atoms with Crippen molar-refractivity contribution in [1.82, 2.24) is 5.32 Å². The fourth-order valence-corrected chi connectivity index (χ4v) is 2.38. The second kappa shape index (κ2) is 8.01. The van der Waals surface area contributed by atoms with E-state index in [1.807, 2.05) is 44.2 Å². The van der Waals surface area contributed by atoms with E-state index < -0.39 is 12.6 Å². The van der Waals surface area contributed by atoms with E-state index in [0.717, 1.165) is 17.2 Å². The molecule has 0 aliphatic rings. The zero-order chi connectivity index (χ0) is 18.4. The van der Waals surface area contributed by atoms with E-state index >= 15 is 0 Å². The highest BCUT2D eigenvalue weighted by Gasteiger charge is 2.24. The highest BCUT2D eigenvalue weighted by Crippen LogP contribution is 2.25. The Balaban J connectivity index is 2.40. The molecule has 0 aliphatic carbocycles. The number of hydrogen-bond donors (Lipinski definition) is 1. The van der Waals surface area contributed by atoms with E-state index in [4.69, 9.17) is 0 Å². The van der Waals surface area contributed by atoms with Crippen LogP contribution in [0.25, 0.3) is 17.2 Å². The van der Waals surface area contributed by atoms with Crippen molar-refractivity contribution in [2.45, 2.75) is 32.5 Å². The van der Waals surface area contributed by atoms with Crippen LogP contribution in [0.3, 0.4) is 0 Å². The summed E-state index contributed by atoms with van der Waals surface area (Å²) in [5.41, 5.74) is 2.59. The van der Waals surface area contributed by atoms with E-state index in [2.05, 4.69) is 5.32 Å². The second-order valence-electron chi connectivity index (χ2n) is 6.02. The summed E-state index contributed by atoms with van der Waals surface area (Å²) < 4.78 is 37.2. The molecule has 0 aliphatic heterocycles. The number of hydrogen-bond acceptors (Lipinski definition) is 1. The van der Waals surface area contributed by atoms with Gasteiger partial charge in [0.1, 0.15) is 0 Å². The number of carbonyl (C=O) groups is 1. The molecule has 132 valence electrons. The van der Waals surface area contributed by atoms with Gasteiger partial charge in [0.2, 0.25) is 0 Å². The van der Waals surface area contributed by atoms with E-state index in [1.165, 1.54) is 6.08 Å². The third-order valence-electron chi connectivity index (χ3n) is 3.47. The first-order valence-electron chi connectivity index (χ1n) is 8.00. The van der Waals surface area contributed by atoms with Crippen LogP contribution in [0.2, 0.25) is 0 Å². The number of nitrogens with one attached hydrogen (secondary N) is 1. The maximum Gasteiger partial charge on any atom is 0.392 e. The third-order valence-corrected chi connectivity index (χ3v) is 3.47. The van der Waals surface area contributed by atoms with E-state index in [0.29, 0.717) is 11.1 Å². The quantitative estimate of drug-likeness (QED) is 0.765. The monoisotopic (exact) mass is 347 g/mol. The van der Waals surface area contributed by atoms with Crippen molar-refractivity contribution in [1.29, 1.82) is 0 Å². The second-order valence-corrected chi connectivity index (χ2v) is 6.02. The number of benzene rings is 2. The lowest BCUT2D eigenvalue weighted by molar-refractivity contribution is -0.124. The summed E-state index contributed by atoms with van der Waals surface area (Å²) in [4.78, 5) is 12.3. The van der Waals surface area contributed by atoms with Crippen LogP contribution in [0, 0.1) is 0 Å². The van der Waals surface area contributed by atoms with Crippen LogP contribution >= 0.6 is 0 Å². The Bertz CT molecular complexity index is 749. The molecule has 25 heavy (non-hydrogen) atoms. The van der Waals surface area contributed by atoms with Crippen LogP contribution in [0.5, 0.6) is 0 Å². The largest absolute Gasteiger partial charge is 0.392 e. The Labute approximate surface area is 145 Å². The Morgan fingerprint density at radius 1 is 1.08 bits per heavy atom. The van der Waals surface area contributed by atoms with Crippen molar-refractivity contribution in [3.8, 4) is 11.1 Å². The van der Waals surface area contributed by atoms with Crippen LogP contribution in [0.15, 0.2) is 54.6 Å². The SMILES string of the molecule is CC(C)NC(=O)c1ccc(-c2ccccc2)cc1/C=C/CC(F)(F)F. The Kier molecular flexibility index (Phi) is 6.02. The summed E-state index contributed by atoms with van der Waals surface area (Å²) in [7, 11) is 0. The highest BCUT2D eigenvalue weighted by molar-refractivity contribution is 5.98. The van der Waals surface area contributed by atoms with Crippen molar-refractivity contribution in [2.24, 2.45) is 0 Å². The summed E-state index contributed by atoms with van der Waals surface area (Å²) in [6.07, 6.45) is -2.91. The molecule has 2 aromatic rings. The van der Waals surface area contributed by atoms with Gasteiger partial charge in [0.25, 0.3) is 5.91 Å². The summed E-state index contributed by atoms with van der Waals surface area (Å²) in [6, 6.07) is 14.6. The molecule has 0 saturated heterocycles. The van der Waals surface area contributed by atoms with Gasteiger partial charge in [0, 0.05) is 11.6 Å². The topological polar surface area (TPSA) is 29.1 Å². The summed E-state index contributed by atoms with van der Waals surface area (Å²) in [5, 5.41) is 2.77. The van der Waals surface area contributed by atoms with Crippen LogP contribution in [0.1, 0.15) is 36.2 Å². The van der Waals surface area contributed by atoms with Crippen molar-refractivity contribution in [3.05, 3.63) is 65.7 Å². The summed E-state index contributed by atoms with van der Waals surface area (Å²) in [6.45, 7) is 3.66. The van der Waals surface area contributed by atoms with E-state index in [9.17, 15) is 18.0 Å². The van der Waals surface area contributed by atoms with Crippen LogP contribution in [0.4, 0.5) is 13.2 Å². The predicted molar refractivity (Wildman–Crippen MR) is 94.2 cm³/mol. The number of allylic oxidation sites excluding steroid dienone is 1. The minimum Gasteiger partial charge on any atom is -0.350 e. The first kappa shape index (κ1) is 18.8. The smallest absolute Gasteiger partial charge is 0.350 e. The molecule has 0 unspecified atom stereocenters. The van der Waals surface area contributed by atoms with Gasteiger partial charge in [0.05, 0.1) is 6.42 Å². The fourth-order valence-electron chi connectivity index (χ4n) is 2.38. The van der Waals surface area contributed by atoms with E-state index in [-0.39, 0.29) is 11.9 Å². The zero-order valence-electron chi connectivity index (χ0n) is 14.1. The summed E-state index contributed by atoms with van der Waals surface area (Å²) >= 11 is 0. The number of amides is 1. The molecule has 1 N–H and O–H groups in total. The van der Waals surface area contributed by atoms with Crippen LogP contribution in [-0.2, 0) is 0 Å². The maximum absolute atomic E-state index is 12.4. The normalized spacial score (nSPS) is 11.9. The summed E-state index contributed by atoms with van der Waals surface area (Å²) in [5.74, 6) is -0.304. The molecule has 2 rings (SSSR count). The molecule has 2 nitrogen and oxygen atoms in total. The molecule has 0 bridgehead atoms. The molecular formula is C20H20F3NO. The van der Waals surface area contributed by atoms with Gasteiger partial charge in [-0.25, -0.2) is 0 Å². The number of rotatable bonds is 5. The van der Waals surface area contributed by atoms with Gasteiger partial charge in [-0.15, -0.1) is 0 Å². The predicted octanol–water partition coefficient (Wildman–Crippen LogP) is 5.46. The number of alkyl halides is 3. The molecular weight excluding hydrogens is 327 g/mol. The Morgan fingerprint density at radius 2 is 1.76 bits per heavy atom. The average molecular weight is 347 g/mol.